The van der Waals surface area contributed by atoms with Crippen LogP contribution in [0.3, 0.4) is 0 Å². The fraction of sp³-hybridized carbons (Fsp3) is 0.368. The molecule has 1 N–H and O–H groups in total. The summed E-state index contributed by atoms with van der Waals surface area (Å²) in [5.41, 5.74) is 3.11. The molecule has 4 nitrogen and oxygen atoms in total. The van der Waals surface area contributed by atoms with Crippen LogP contribution in [-0.2, 0) is 4.79 Å². The third-order valence-corrected chi connectivity index (χ3v) is 5.53. The molecule has 24 heavy (non-hydrogen) atoms. The molecule has 2 aromatic rings. The molecule has 0 aliphatic carbocycles. The summed E-state index contributed by atoms with van der Waals surface area (Å²) in [5.74, 6) is -0.107. The summed E-state index contributed by atoms with van der Waals surface area (Å²) >= 11 is 1.45. The van der Waals surface area contributed by atoms with Gasteiger partial charge in [0, 0.05) is 18.8 Å². The summed E-state index contributed by atoms with van der Waals surface area (Å²) in [6.45, 7) is 5.27. The second-order valence-electron chi connectivity index (χ2n) is 6.30. The Hall–Kier alpha value is -2.14. The summed E-state index contributed by atoms with van der Waals surface area (Å²) in [4.78, 5) is 27.7. The Kier molecular flexibility index (Phi) is 5.00. The standard InChI is InChI=1S/C19H22N2O2S/c1-13-6-3-8-16(14(13)2)20-18(22)15-7-4-10-21(12-15)19(23)17-9-5-11-24-17/h3,5-6,8-9,11,15H,4,7,10,12H2,1-2H3,(H,20,22)/t15-/m0/s1. The molecule has 2 heterocycles. The van der Waals surface area contributed by atoms with Gasteiger partial charge in [-0.25, -0.2) is 0 Å². The third kappa shape index (κ3) is 3.51. The first-order valence-electron chi connectivity index (χ1n) is 8.26. The van der Waals surface area contributed by atoms with Crippen molar-refractivity contribution in [3.63, 3.8) is 0 Å². The van der Waals surface area contributed by atoms with Gasteiger partial charge >= 0.3 is 0 Å². The third-order valence-electron chi connectivity index (χ3n) is 4.67. The summed E-state index contributed by atoms with van der Waals surface area (Å²) in [7, 11) is 0. The van der Waals surface area contributed by atoms with Gasteiger partial charge in [-0.1, -0.05) is 18.2 Å². The van der Waals surface area contributed by atoms with Crippen LogP contribution in [0.5, 0.6) is 0 Å². The minimum Gasteiger partial charge on any atom is -0.337 e. The lowest BCUT2D eigenvalue weighted by molar-refractivity contribution is -0.121. The van der Waals surface area contributed by atoms with E-state index in [1.54, 1.807) is 0 Å². The van der Waals surface area contributed by atoms with E-state index in [0.29, 0.717) is 6.54 Å². The highest BCUT2D eigenvalue weighted by atomic mass is 32.1. The Bertz CT molecular complexity index is 740. The molecule has 1 saturated heterocycles. The Balaban J connectivity index is 1.67. The molecule has 2 amide bonds. The number of aryl methyl sites for hydroxylation is 1. The van der Waals surface area contributed by atoms with Gasteiger partial charge in [-0.2, -0.15) is 0 Å². The van der Waals surface area contributed by atoms with E-state index in [0.717, 1.165) is 41.1 Å². The van der Waals surface area contributed by atoms with Crippen molar-refractivity contribution in [1.82, 2.24) is 4.90 Å². The quantitative estimate of drug-likeness (QED) is 0.921. The van der Waals surface area contributed by atoms with Gasteiger partial charge in [-0.05, 0) is 55.3 Å². The maximum atomic E-state index is 12.6. The van der Waals surface area contributed by atoms with Crippen LogP contribution in [0.2, 0.25) is 0 Å². The van der Waals surface area contributed by atoms with E-state index in [4.69, 9.17) is 0 Å². The summed E-state index contributed by atoms with van der Waals surface area (Å²) in [5, 5.41) is 4.95. The molecule has 1 aliphatic rings. The highest BCUT2D eigenvalue weighted by Gasteiger charge is 2.29. The molecular weight excluding hydrogens is 320 g/mol. The van der Waals surface area contributed by atoms with Crippen LogP contribution in [0.4, 0.5) is 5.69 Å². The second kappa shape index (κ2) is 7.18. The predicted molar refractivity (Wildman–Crippen MR) is 97.5 cm³/mol. The van der Waals surface area contributed by atoms with Crippen molar-refractivity contribution >= 4 is 28.8 Å². The number of nitrogens with zero attached hydrogens (tertiary/aromatic N) is 1. The highest BCUT2D eigenvalue weighted by molar-refractivity contribution is 7.12. The number of carbonyl (C=O) groups is 2. The van der Waals surface area contributed by atoms with Gasteiger partial charge < -0.3 is 10.2 Å². The predicted octanol–water partition coefficient (Wildman–Crippen LogP) is 3.86. The fourth-order valence-corrected chi connectivity index (χ4v) is 3.74. The van der Waals surface area contributed by atoms with Gasteiger partial charge in [0.05, 0.1) is 10.8 Å². The van der Waals surface area contributed by atoms with E-state index in [1.807, 2.05) is 54.5 Å². The molecule has 0 bridgehead atoms. The number of anilines is 1. The lowest BCUT2D eigenvalue weighted by Gasteiger charge is -2.32. The highest BCUT2D eigenvalue weighted by Crippen LogP contribution is 2.23. The molecule has 0 unspecified atom stereocenters. The van der Waals surface area contributed by atoms with Crippen molar-refractivity contribution in [3.8, 4) is 0 Å². The van der Waals surface area contributed by atoms with Gasteiger partial charge in [0.15, 0.2) is 0 Å². The Morgan fingerprint density at radius 2 is 2.04 bits per heavy atom. The maximum absolute atomic E-state index is 12.6. The number of benzene rings is 1. The van der Waals surface area contributed by atoms with Crippen molar-refractivity contribution in [1.29, 1.82) is 0 Å². The molecule has 0 radical (unpaired) electrons. The topological polar surface area (TPSA) is 49.4 Å². The number of rotatable bonds is 3. The number of thiophene rings is 1. The average Bonchev–Trinajstić information content (AvgIpc) is 3.13. The van der Waals surface area contributed by atoms with Crippen molar-refractivity contribution in [2.24, 2.45) is 5.92 Å². The van der Waals surface area contributed by atoms with Crippen molar-refractivity contribution < 1.29 is 9.59 Å². The number of carbonyl (C=O) groups excluding carboxylic acids is 2. The smallest absolute Gasteiger partial charge is 0.263 e. The van der Waals surface area contributed by atoms with Crippen LogP contribution < -0.4 is 5.32 Å². The summed E-state index contributed by atoms with van der Waals surface area (Å²) in [6.07, 6.45) is 1.69. The van der Waals surface area contributed by atoms with Crippen LogP contribution in [-0.4, -0.2) is 29.8 Å². The molecule has 0 saturated carbocycles. The molecule has 1 fully saturated rings. The van der Waals surface area contributed by atoms with Gasteiger partial charge in [0.2, 0.25) is 5.91 Å². The largest absolute Gasteiger partial charge is 0.337 e. The normalized spacial score (nSPS) is 17.6. The molecule has 3 rings (SSSR count). The zero-order valence-corrected chi connectivity index (χ0v) is 14.9. The number of amides is 2. The second-order valence-corrected chi connectivity index (χ2v) is 7.25. The molecule has 0 spiro atoms. The first-order valence-corrected chi connectivity index (χ1v) is 9.14. The Labute approximate surface area is 146 Å². The number of hydrogen-bond acceptors (Lipinski definition) is 3. The summed E-state index contributed by atoms with van der Waals surface area (Å²) in [6, 6.07) is 9.63. The van der Waals surface area contributed by atoms with Gasteiger partial charge in [-0.15, -0.1) is 11.3 Å². The van der Waals surface area contributed by atoms with E-state index in [-0.39, 0.29) is 17.7 Å². The van der Waals surface area contributed by atoms with Crippen LogP contribution in [0.25, 0.3) is 0 Å². The van der Waals surface area contributed by atoms with Crippen LogP contribution in [0, 0.1) is 19.8 Å². The molecule has 1 aliphatic heterocycles. The Morgan fingerprint density at radius 3 is 2.79 bits per heavy atom. The minimum absolute atomic E-state index is 0.00683. The first-order chi connectivity index (χ1) is 11.6. The minimum atomic E-state index is -0.150. The molecule has 126 valence electrons. The molecule has 5 heteroatoms. The zero-order valence-electron chi connectivity index (χ0n) is 14.0. The lowest BCUT2D eigenvalue weighted by Crippen LogP contribution is -2.43. The van der Waals surface area contributed by atoms with Crippen LogP contribution in [0.1, 0.15) is 33.6 Å². The van der Waals surface area contributed by atoms with E-state index in [1.165, 1.54) is 11.3 Å². The number of nitrogens with one attached hydrogen (secondary N) is 1. The van der Waals surface area contributed by atoms with Gasteiger partial charge in [0.1, 0.15) is 0 Å². The van der Waals surface area contributed by atoms with Crippen LogP contribution >= 0.6 is 11.3 Å². The molecule has 1 aromatic carbocycles. The molecule has 1 atom stereocenters. The fourth-order valence-electron chi connectivity index (χ4n) is 3.05. The number of likely N-dealkylation sites (tertiary alicyclic amines) is 1. The summed E-state index contributed by atoms with van der Waals surface area (Å²) < 4.78 is 0. The van der Waals surface area contributed by atoms with Crippen molar-refractivity contribution in [2.45, 2.75) is 26.7 Å². The lowest BCUT2D eigenvalue weighted by atomic mass is 9.96. The van der Waals surface area contributed by atoms with E-state index >= 15 is 0 Å². The zero-order chi connectivity index (χ0) is 17.1. The van der Waals surface area contributed by atoms with Crippen molar-refractivity contribution in [3.05, 3.63) is 51.7 Å². The van der Waals surface area contributed by atoms with E-state index < -0.39 is 0 Å². The number of hydrogen-bond donors (Lipinski definition) is 1. The Morgan fingerprint density at radius 1 is 1.21 bits per heavy atom. The van der Waals surface area contributed by atoms with E-state index in [9.17, 15) is 9.59 Å². The number of piperidine rings is 1. The van der Waals surface area contributed by atoms with E-state index in [2.05, 4.69) is 5.32 Å². The SMILES string of the molecule is Cc1cccc(NC(=O)[C@H]2CCCN(C(=O)c3cccs3)C2)c1C. The van der Waals surface area contributed by atoms with Gasteiger partial charge in [0.25, 0.3) is 5.91 Å². The monoisotopic (exact) mass is 342 g/mol. The molecular formula is C19H22N2O2S. The van der Waals surface area contributed by atoms with Crippen LogP contribution in [0.15, 0.2) is 35.7 Å². The molecule has 1 aromatic heterocycles. The maximum Gasteiger partial charge on any atom is 0.263 e. The first kappa shape index (κ1) is 16.7. The van der Waals surface area contributed by atoms with Crippen molar-refractivity contribution in [2.75, 3.05) is 18.4 Å². The van der Waals surface area contributed by atoms with Gasteiger partial charge in [-0.3, -0.25) is 9.59 Å². The average molecular weight is 342 g/mol.